The van der Waals surface area contributed by atoms with E-state index in [-0.39, 0.29) is 0 Å². The number of carbonyl (C=O) groups excluding carboxylic acids is 1. The first kappa shape index (κ1) is 11.5. The van der Waals surface area contributed by atoms with Crippen LogP contribution in [0.2, 0.25) is 0 Å². The Kier molecular flexibility index (Phi) is 3.31. The summed E-state index contributed by atoms with van der Waals surface area (Å²) in [7, 11) is 2.87. The molecule has 0 amide bonds. The monoisotopic (exact) mass is 209 g/mol. The minimum atomic E-state index is -1.15. The van der Waals surface area contributed by atoms with Crippen molar-refractivity contribution in [3.05, 3.63) is 29.8 Å². The van der Waals surface area contributed by atoms with Crippen LogP contribution in [0, 0.1) is 0 Å². The van der Waals surface area contributed by atoms with E-state index in [1.807, 2.05) is 0 Å². The summed E-state index contributed by atoms with van der Waals surface area (Å²) >= 11 is 0. The SMILES string of the molecule is COC(=O)C(C)(N)c1cccc(OC)c1. The highest BCUT2D eigenvalue weighted by Gasteiger charge is 2.31. The number of hydrogen-bond acceptors (Lipinski definition) is 4. The summed E-state index contributed by atoms with van der Waals surface area (Å²) in [6.07, 6.45) is 0. The van der Waals surface area contributed by atoms with Crippen LogP contribution in [0.1, 0.15) is 12.5 Å². The minimum absolute atomic E-state index is 0.476. The Bertz CT molecular complexity index is 361. The number of carbonyl (C=O) groups is 1. The molecule has 0 saturated heterocycles. The summed E-state index contributed by atoms with van der Waals surface area (Å²) < 4.78 is 9.69. The van der Waals surface area contributed by atoms with E-state index in [2.05, 4.69) is 4.74 Å². The first-order valence-electron chi connectivity index (χ1n) is 4.54. The molecule has 82 valence electrons. The fourth-order valence-corrected chi connectivity index (χ4v) is 1.28. The zero-order valence-corrected chi connectivity index (χ0v) is 9.11. The predicted molar refractivity (Wildman–Crippen MR) is 56.5 cm³/mol. The Morgan fingerprint density at radius 2 is 2.07 bits per heavy atom. The summed E-state index contributed by atoms with van der Waals surface area (Å²) in [5.41, 5.74) is 5.40. The third-order valence-corrected chi connectivity index (χ3v) is 2.28. The maximum Gasteiger partial charge on any atom is 0.330 e. The Morgan fingerprint density at radius 1 is 1.40 bits per heavy atom. The fraction of sp³-hybridized carbons (Fsp3) is 0.364. The highest BCUT2D eigenvalue weighted by atomic mass is 16.5. The van der Waals surface area contributed by atoms with Gasteiger partial charge in [0.25, 0.3) is 0 Å². The molecule has 0 aliphatic rings. The van der Waals surface area contributed by atoms with E-state index >= 15 is 0 Å². The molecule has 0 aromatic heterocycles. The summed E-state index contributed by atoms with van der Waals surface area (Å²) in [6.45, 7) is 1.60. The van der Waals surface area contributed by atoms with Crippen molar-refractivity contribution in [2.45, 2.75) is 12.5 Å². The van der Waals surface area contributed by atoms with Crippen LogP contribution in [0.25, 0.3) is 0 Å². The van der Waals surface area contributed by atoms with Gasteiger partial charge in [0.05, 0.1) is 14.2 Å². The second-order valence-corrected chi connectivity index (χ2v) is 3.43. The van der Waals surface area contributed by atoms with Gasteiger partial charge in [-0.1, -0.05) is 12.1 Å². The van der Waals surface area contributed by atoms with Gasteiger partial charge in [-0.15, -0.1) is 0 Å². The van der Waals surface area contributed by atoms with Gasteiger partial charge in [0.1, 0.15) is 11.3 Å². The molecule has 1 rings (SSSR count). The van der Waals surface area contributed by atoms with Crippen LogP contribution in [0.5, 0.6) is 5.75 Å². The van der Waals surface area contributed by atoms with Crippen LogP contribution in [0.15, 0.2) is 24.3 Å². The largest absolute Gasteiger partial charge is 0.497 e. The number of benzene rings is 1. The topological polar surface area (TPSA) is 61.5 Å². The van der Waals surface area contributed by atoms with Gasteiger partial charge in [0.2, 0.25) is 0 Å². The van der Waals surface area contributed by atoms with E-state index in [0.717, 1.165) is 0 Å². The predicted octanol–water partition coefficient (Wildman–Crippen LogP) is 1.04. The average molecular weight is 209 g/mol. The summed E-state index contributed by atoms with van der Waals surface area (Å²) in [4.78, 5) is 11.4. The molecule has 1 aromatic rings. The second-order valence-electron chi connectivity index (χ2n) is 3.43. The van der Waals surface area contributed by atoms with Gasteiger partial charge in [0.15, 0.2) is 0 Å². The first-order valence-corrected chi connectivity index (χ1v) is 4.54. The molecular weight excluding hydrogens is 194 g/mol. The lowest BCUT2D eigenvalue weighted by atomic mass is 9.93. The lowest BCUT2D eigenvalue weighted by Gasteiger charge is -2.22. The lowest BCUT2D eigenvalue weighted by molar-refractivity contribution is -0.146. The third kappa shape index (κ3) is 2.27. The maximum absolute atomic E-state index is 11.4. The van der Waals surface area contributed by atoms with Crippen molar-refractivity contribution in [1.82, 2.24) is 0 Å². The molecule has 0 spiro atoms. The van der Waals surface area contributed by atoms with Gasteiger partial charge < -0.3 is 15.2 Å². The quantitative estimate of drug-likeness (QED) is 0.755. The molecule has 1 atom stereocenters. The average Bonchev–Trinajstić information content (AvgIpc) is 2.27. The first-order chi connectivity index (χ1) is 7.02. The van der Waals surface area contributed by atoms with Crippen molar-refractivity contribution in [1.29, 1.82) is 0 Å². The van der Waals surface area contributed by atoms with Crippen LogP contribution >= 0.6 is 0 Å². The van der Waals surface area contributed by atoms with E-state index in [0.29, 0.717) is 11.3 Å². The van der Waals surface area contributed by atoms with Crippen LogP contribution in [0.3, 0.4) is 0 Å². The molecule has 0 aliphatic carbocycles. The van der Waals surface area contributed by atoms with Crippen LogP contribution < -0.4 is 10.5 Å². The van der Waals surface area contributed by atoms with E-state index < -0.39 is 11.5 Å². The molecule has 0 aliphatic heterocycles. The summed E-state index contributed by atoms with van der Waals surface area (Å²) in [5.74, 6) is 0.184. The third-order valence-electron chi connectivity index (χ3n) is 2.28. The Morgan fingerprint density at radius 3 is 2.60 bits per heavy atom. The smallest absolute Gasteiger partial charge is 0.330 e. The molecule has 4 heteroatoms. The van der Waals surface area contributed by atoms with E-state index in [1.165, 1.54) is 7.11 Å². The zero-order valence-electron chi connectivity index (χ0n) is 9.11. The van der Waals surface area contributed by atoms with Crippen molar-refractivity contribution >= 4 is 5.97 Å². The van der Waals surface area contributed by atoms with E-state index in [9.17, 15) is 4.79 Å². The Hall–Kier alpha value is -1.55. The van der Waals surface area contributed by atoms with Crippen LogP contribution in [-0.2, 0) is 15.1 Å². The highest BCUT2D eigenvalue weighted by molar-refractivity contribution is 5.81. The van der Waals surface area contributed by atoms with E-state index in [1.54, 1.807) is 38.3 Å². The molecule has 0 radical (unpaired) electrons. The Balaban J connectivity index is 3.09. The number of hydrogen-bond donors (Lipinski definition) is 1. The molecule has 0 bridgehead atoms. The zero-order chi connectivity index (χ0) is 11.5. The molecular formula is C11H15NO3. The molecule has 0 fully saturated rings. The lowest BCUT2D eigenvalue weighted by Crippen LogP contribution is -2.42. The Labute approximate surface area is 89.0 Å². The molecule has 4 nitrogen and oxygen atoms in total. The van der Waals surface area contributed by atoms with Crippen molar-refractivity contribution < 1.29 is 14.3 Å². The van der Waals surface area contributed by atoms with Crippen molar-refractivity contribution in [3.63, 3.8) is 0 Å². The van der Waals surface area contributed by atoms with Gasteiger partial charge in [-0.05, 0) is 24.6 Å². The van der Waals surface area contributed by atoms with Gasteiger partial charge in [0, 0.05) is 0 Å². The molecule has 1 aromatic carbocycles. The number of methoxy groups -OCH3 is 2. The van der Waals surface area contributed by atoms with Gasteiger partial charge in [-0.2, -0.15) is 0 Å². The second kappa shape index (κ2) is 4.31. The van der Waals surface area contributed by atoms with Crippen molar-refractivity contribution in [3.8, 4) is 5.75 Å². The number of nitrogens with two attached hydrogens (primary N) is 1. The molecule has 0 heterocycles. The van der Waals surface area contributed by atoms with Gasteiger partial charge >= 0.3 is 5.97 Å². The van der Waals surface area contributed by atoms with E-state index in [4.69, 9.17) is 10.5 Å². The standard InChI is InChI=1S/C11H15NO3/c1-11(12,10(13)15-3)8-5-4-6-9(7-8)14-2/h4-7H,12H2,1-3H3. The molecule has 2 N–H and O–H groups in total. The fourth-order valence-electron chi connectivity index (χ4n) is 1.28. The van der Waals surface area contributed by atoms with Gasteiger partial charge in [-0.3, -0.25) is 0 Å². The van der Waals surface area contributed by atoms with Gasteiger partial charge in [-0.25, -0.2) is 4.79 Å². The van der Waals surface area contributed by atoms with Crippen molar-refractivity contribution in [2.24, 2.45) is 5.73 Å². The number of rotatable bonds is 3. The van der Waals surface area contributed by atoms with Crippen molar-refractivity contribution in [2.75, 3.05) is 14.2 Å². The summed E-state index contributed by atoms with van der Waals surface area (Å²) in [5, 5.41) is 0. The molecule has 1 unspecified atom stereocenters. The molecule has 0 saturated carbocycles. The van der Waals surface area contributed by atoms with Crippen LogP contribution in [-0.4, -0.2) is 20.2 Å². The number of ether oxygens (including phenoxy) is 2. The van der Waals surface area contributed by atoms with Crippen LogP contribution in [0.4, 0.5) is 0 Å². The molecule has 15 heavy (non-hydrogen) atoms. The summed E-state index contributed by atoms with van der Waals surface area (Å²) in [6, 6.07) is 7.05. The minimum Gasteiger partial charge on any atom is -0.497 e. The maximum atomic E-state index is 11.4. The normalized spacial score (nSPS) is 14.1. The number of esters is 1. The highest BCUT2D eigenvalue weighted by Crippen LogP contribution is 2.23.